The van der Waals surface area contributed by atoms with Gasteiger partial charge in [-0.25, -0.2) is 16.8 Å². The van der Waals surface area contributed by atoms with Gasteiger partial charge in [-0.1, -0.05) is 12.2 Å². The molecule has 0 saturated carbocycles. The van der Waals surface area contributed by atoms with Crippen LogP contribution < -0.4 is 0 Å². The van der Waals surface area contributed by atoms with E-state index in [1.54, 1.807) is 0 Å². The Morgan fingerprint density at radius 3 is 1.36 bits per heavy atom. The van der Waals surface area contributed by atoms with E-state index < -0.39 is 18.3 Å². The largest absolute Gasteiger partial charge is 0.739 e. The van der Waals surface area contributed by atoms with Crippen molar-refractivity contribution in [2.45, 2.75) is 0 Å². The van der Waals surface area contributed by atoms with Crippen molar-refractivity contribution in [1.82, 2.24) is 0 Å². The van der Waals surface area contributed by atoms with Crippen molar-refractivity contribution in [3.8, 4) is 0 Å². The first-order chi connectivity index (χ1) is 6.21. The molecule has 0 N–H and O–H groups in total. The van der Waals surface area contributed by atoms with Gasteiger partial charge >= 0.3 is 0 Å². The van der Waals surface area contributed by atoms with Gasteiger partial charge in [0.2, 0.25) is 0 Å². The van der Waals surface area contributed by atoms with E-state index >= 15 is 0 Å². The van der Waals surface area contributed by atoms with E-state index in [0.29, 0.717) is 0 Å². The Labute approximate surface area is 89.4 Å². The molecule has 14 heavy (non-hydrogen) atoms. The molecule has 0 saturated heterocycles. The molecule has 0 aliphatic rings. The summed E-state index contributed by atoms with van der Waals surface area (Å²) in [5.41, 5.74) is 0. The van der Waals surface area contributed by atoms with Crippen molar-refractivity contribution in [3.63, 3.8) is 0 Å². The van der Waals surface area contributed by atoms with Crippen LogP contribution in [0.25, 0.3) is 0 Å². The van der Waals surface area contributed by atoms with E-state index in [-0.39, 0.29) is 33.1 Å². The van der Waals surface area contributed by atoms with Crippen LogP contribution >= 0.6 is 21.6 Å². The molecular formula is C4H6O6S4-2. The second kappa shape index (κ2) is 5.98. The third-order valence-corrected chi connectivity index (χ3v) is 4.57. The summed E-state index contributed by atoms with van der Waals surface area (Å²) >= 11 is 0. The quantitative estimate of drug-likeness (QED) is 0.377. The molecule has 0 amide bonds. The fourth-order valence-electron chi connectivity index (χ4n) is 0.381. The summed E-state index contributed by atoms with van der Waals surface area (Å²) in [7, 11) is -8.25. The van der Waals surface area contributed by atoms with E-state index in [2.05, 4.69) is 0 Å². The summed E-state index contributed by atoms with van der Waals surface area (Å²) in [5, 5.41) is 0. The van der Waals surface area contributed by atoms with Crippen LogP contribution in [0.4, 0.5) is 0 Å². The second-order valence-corrected chi connectivity index (χ2v) is 8.49. The van der Waals surface area contributed by atoms with Crippen molar-refractivity contribution < 1.29 is 25.9 Å². The van der Waals surface area contributed by atoms with Crippen LogP contribution in [0.1, 0.15) is 0 Å². The summed E-state index contributed by atoms with van der Waals surface area (Å²) in [5.74, 6) is -0.128. The van der Waals surface area contributed by atoms with Gasteiger partial charge in [-0.2, -0.15) is 0 Å². The van der Waals surface area contributed by atoms with Crippen LogP contribution in [0.3, 0.4) is 0 Å². The van der Waals surface area contributed by atoms with Crippen LogP contribution in [0.5, 0.6) is 0 Å². The highest BCUT2D eigenvalue weighted by molar-refractivity contribution is 8.70. The second-order valence-electron chi connectivity index (χ2n) is 1.86. The maximum atomic E-state index is 10.0. The van der Waals surface area contributed by atoms with Gasteiger partial charge < -0.3 is 9.11 Å². The third kappa shape index (κ3) is 12.3. The molecular weight excluding hydrogens is 272 g/mol. The molecule has 0 radical (unpaired) electrons. The zero-order valence-corrected chi connectivity index (χ0v) is 9.92. The fraction of sp³-hybridized carbons (Fsp3) is 0.500. The third-order valence-electron chi connectivity index (χ3n) is 0.784. The first-order valence-corrected chi connectivity index (χ1v) is 8.88. The molecule has 0 bridgehead atoms. The zero-order chi connectivity index (χ0) is 11.2. The highest BCUT2D eigenvalue weighted by atomic mass is 33.2. The van der Waals surface area contributed by atoms with Crippen LogP contribution in [-0.2, 0) is 18.3 Å². The summed E-state index contributed by atoms with van der Waals surface area (Å²) in [6.45, 7) is 0. The molecule has 0 aromatic heterocycles. The Morgan fingerprint density at radius 1 is 0.857 bits per heavy atom. The lowest BCUT2D eigenvalue weighted by Gasteiger charge is -2.03. The normalized spacial score (nSPS) is 13.6. The van der Waals surface area contributed by atoms with E-state index in [0.717, 1.165) is 0 Å². The topological polar surface area (TPSA) is 114 Å². The lowest BCUT2D eigenvalue weighted by molar-refractivity contribution is 0.480. The molecule has 0 aromatic rings. The standard InChI is InChI=1S/C4H8O6S4/c5-13(6,7)11-3-1-2-4-12-14(8,9)10/h1-2H,3-4H2,(H,5,6,7)(H,8,9,10)/p-2/b2-1-. The van der Waals surface area contributed by atoms with Gasteiger partial charge in [0.05, 0.1) is 0 Å². The SMILES string of the molecule is O=S(=O)([O-])SC/C=C\CSS(=O)(=O)[O-]. The summed E-state index contributed by atoms with van der Waals surface area (Å²) < 4.78 is 60.3. The Morgan fingerprint density at radius 2 is 1.14 bits per heavy atom. The van der Waals surface area contributed by atoms with Crippen LogP contribution in [-0.4, -0.2) is 37.4 Å². The molecule has 0 fully saturated rings. The number of hydrogen-bond acceptors (Lipinski definition) is 8. The Bertz CT molecular complexity index is 340. The highest BCUT2D eigenvalue weighted by Crippen LogP contribution is 2.11. The summed E-state index contributed by atoms with van der Waals surface area (Å²) in [6.07, 6.45) is 2.61. The van der Waals surface area contributed by atoms with Gasteiger partial charge in [-0.05, 0) is 21.6 Å². The minimum atomic E-state index is -4.31. The van der Waals surface area contributed by atoms with Gasteiger partial charge in [0.25, 0.3) is 0 Å². The zero-order valence-electron chi connectivity index (χ0n) is 6.65. The highest BCUT2D eigenvalue weighted by Gasteiger charge is 1.93. The summed E-state index contributed by atoms with van der Waals surface area (Å²) in [6, 6.07) is 0. The van der Waals surface area contributed by atoms with Crippen molar-refractivity contribution >= 4 is 39.9 Å². The lowest BCUT2D eigenvalue weighted by Crippen LogP contribution is -1.91. The summed E-state index contributed by atoms with van der Waals surface area (Å²) in [4.78, 5) is 0. The molecule has 0 rings (SSSR count). The van der Waals surface area contributed by atoms with Gasteiger partial charge in [0.1, 0.15) is 18.3 Å². The molecule has 0 aromatic carbocycles. The monoisotopic (exact) mass is 278 g/mol. The van der Waals surface area contributed by atoms with E-state index in [1.807, 2.05) is 0 Å². The molecule has 0 heterocycles. The van der Waals surface area contributed by atoms with E-state index in [4.69, 9.17) is 0 Å². The maximum Gasteiger partial charge on any atom is 0.149 e. The lowest BCUT2D eigenvalue weighted by atomic mass is 10.6. The maximum absolute atomic E-state index is 10.0. The predicted molar refractivity (Wildman–Crippen MR) is 53.5 cm³/mol. The number of rotatable bonds is 6. The fourth-order valence-corrected chi connectivity index (χ4v) is 2.62. The van der Waals surface area contributed by atoms with E-state index in [9.17, 15) is 25.9 Å². The molecule has 84 valence electrons. The van der Waals surface area contributed by atoms with Crippen LogP contribution in [0.2, 0.25) is 0 Å². The van der Waals surface area contributed by atoms with Crippen molar-refractivity contribution in [2.24, 2.45) is 0 Å². The first kappa shape index (κ1) is 14.3. The first-order valence-electron chi connectivity index (χ1n) is 3.06. The van der Waals surface area contributed by atoms with Crippen molar-refractivity contribution in [1.29, 1.82) is 0 Å². The van der Waals surface area contributed by atoms with E-state index in [1.165, 1.54) is 12.2 Å². The molecule has 0 aliphatic carbocycles. The van der Waals surface area contributed by atoms with Crippen LogP contribution in [0, 0.1) is 0 Å². The minimum absolute atomic E-state index is 0.0642. The van der Waals surface area contributed by atoms with Gasteiger partial charge in [-0.15, -0.1) is 0 Å². The Kier molecular flexibility index (Phi) is 6.09. The van der Waals surface area contributed by atoms with Crippen LogP contribution in [0.15, 0.2) is 12.2 Å². The average molecular weight is 278 g/mol. The Balaban J connectivity index is 3.67. The molecule has 0 spiro atoms. The van der Waals surface area contributed by atoms with Crippen molar-refractivity contribution in [2.75, 3.05) is 11.5 Å². The van der Waals surface area contributed by atoms with Gasteiger partial charge in [0.15, 0.2) is 0 Å². The average Bonchev–Trinajstić information content (AvgIpc) is 1.92. The molecule has 6 nitrogen and oxygen atoms in total. The smallest absolute Gasteiger partial charge is 0.149 e. The van der Waals surface area contributed by atoms with Gasteiger partial charge in [0, 0.05) is 11.5 Å². The molecule has 10 heteroatoms. The number of hydrogen-bond donors (Lipinski definition) is 0. The molecule has 0 aliphatic heterocycles. The van der Waals surface area contributed by atoms with Gasteiger partial charge in [-0.3, -0.25) is 0 Å². The van der Waals surface area contributed by atoms with Crippen molar-refractivity contribution in [3.05, 3.63) is 12.2 Å². The minimum Gasteiger partial charge on any atom is -0.739 e. The Hall–Kier alpha value is 0.260. The molecule has 0 atom stereocenters. The predicted octanol–water partition coefficient (Wildman–Crippen LogP) is -0.0706. The molecule has 0 unspecified atom stereocenters.